The molecule has 0 saturated carbocycles. The summed E-state index contributed by atoms with van der Waals surface area (Å²) in [6.07, 6.45) is 7.45. The lowest BCUT2D eigenvalue weighted by Crippen LogP contribution is -2.37. The van der Waals surface area contributed by atoms with Gasteiger partial charge in [-0.1, -0.05) is 0 Å². The highest BCUT2D eigenvalue weighted by atomic mass is 16.5. The molecule has 0 atom stereocenters. The lowest BCUT2D eigenvalue weighted by atomic mass is 10.1. The average Bonchev–Trinajstić information content (AvgIpc) is 2.48. The number of hydrogen-bond donors (Lipinski definition) is 0. The fourth-order valence-corrected chi connectivity index (χ4v) is 2.69. The first-order valence-corrected chi connectivity index (χ1v) is 8.98. The maximum Gasteiger partial charge on any atom is 0.0598 e. The second-order valence-electron chi connectivity index (χ2n) is 7.26. The molecular formula is C18H37NO3. The van der Waals surface area contributed by atoms with Crippen molar-refractivity contribution in [1.29, 1.82) is 0 Å². The summed E-state index contributed by atoms with van der Waals surface area (Å²) in [7, 11) is 1.83. The summed E-state index contributed by atoms with van der Waals surface area (Å²) in [5, 5.41) is 0. The normalized spacial score (nSPS) is 18.0. The van der Waals surface area contributed by atoms with Crippen molar-refractivity contribution < 1.29 is 14.2 Å². The molecule has 0 amide bonds. The third-order valence-electron chi connectivity index (χ3n) is 4.10. The first-order valence-electron chi connectivity index (χ1n) is 8.98. The van der Waals surface area contributed by atoms with Crippen LogP contribution in [-0.2, 0) is 14.2 Å². The van der Waals surface area contributed by atoms with E-state index in [4.69, 9.17) is 14.2 Å². The van der Waals surface area contributed by atoms with Crippen molar-refractivity contribution in [2.45, 2.75) is 71.0 Å². The average molecular weight is 315 g/mol. The van der Waals surface area contributed by atoms with Gasteiger partial charge >= 0.3 is 0 Å². The zero-order chi connectivity index (χ0) is 16.3. The molecule has 0 unspecified atom stereocenters. The van der Waals surface area contributed by atoms with Gasteiger partial charge in [0.2, 0.25) is 0 Å². The van der Waals surface area contributed by atoms with Crippen LogP contribution in [0.1, 0.15) is 59.3 Å². The number of likely N-dealkylation sites (tertiary alicyclic amines) is 1. The molecule has 4 nitrogen and oxygen atoms in total. The fourth-order valence-electron chi connectivity index (χ4n) is 2.69. The summed E-state index contributed by atoms with van der Waals surface area (Å²) >= 11 is 0. The minimum atomic E-state index is -0.0153. The quantitative estimate of drug-likeness (QED) is 0.546. The largest absolute Gasteiger partial charge is 0.381 e. The van der Waals surface area contributed by atoms with E-state index in [2.05, 4.69) is 25.7 Å². The molecule has 4 heteroatoms. The van der Waals surface area contributed by atoms with E-state index in [0.29, 0.717) is 6.10 Å². The minimum absolute atomic E-state index is 0.0153. The predicted molar refractivity (Wildman–Crippen MR) is 91.5 cm³/mol. The van der Waals surface area contributed by atoms with Gasteiger partial charge in [-0.05, 0) is 65.8 Å². The zero-order valence-corrected chi connectivity index (χ0v) is 15.2. The molecule has 0 aliphatic carbocycles. The molecule has 22 heavy (non-hydrogen) atoms. The number of unbranched alkanes of at least 4 members (excludes halogenated alkanes) is 2. The van der Waals surface area contributed by atoms with Gasteiger partial charge < -0.3 is 19.1 Å². The highest BCUT2D eigenvalue weighted by Gasteiger charge is 2.17. The van der Waals surface area contributed by atoms with Crippen molar-refractivity contribution in [3.63, 3.8) is 0 Å². The van der Waals surface area contributed by atoms with E-state index in [1.54, 1.807) is 0 Å². The molecule has 0 N–H and O–H groups in total. The van der Waals surface area contributed by atoms with Crippen molar-refractivity contribution in [1.82, 2.24) is 4.90 Å². The van der Waals surface area contributed by atoms with E-state index in [9.17, 15) is 0 Å². The molecule has 0 aromatic heterocycles. The second kappa shape index (κ2) is 11.4. The monoisotopic (exact) mass is 315 g/mol. The number of rotatable bonds is 11. The Morgan fingerprint density at radius 1 is 0.909 bits per heavy atom. The van der Waals surface area contributed by atoms with E-state index in [1.807, 2.05) is 7.11 Å². The van der Waals surface area contributed by atoms with Crippen LogP contribution in [0.2, 0.25) is 0 Å². The molecular weight excluding hydrogens is 278 g/mol. The van der Waals surface area contributed by atoms with E-state index in [-0.39, 0.29) is 5.60 Å². The smallest absolute Gasteiger partial charge is 0.0598 e. The molecule has 1 aliphatic rings. The van der Waals surface area contributed by atoms with Gasteiger partial charge in [0, 0.05) is 40.0 Å². The Hall–Kier alpha value is -0.160. The molecule has 1 aliphatic heterocycles. The van der Waals surface area contributed by atoms with Crippen molar-refractivity contribution in [3.05, 3.63) is 0 Å². The van der Waals surface area contributed by atoms with Crippen LogP contribution in [-0.4, -0.2) is 63.2 Å². The Kier molecular flexibility index (Phi) is 10.3. The maximum atomic E-state index is 5.70. The van der Waals surface area contributed by atoms with Crippen molar-refractivity contribution in [3.8, 4) is 0 Å². The predicted octanol–water partition coefficient (Wildman–Crippen LogP) is 3.49. The van der Waals surface area contributed by atoms with Crippen LogP contribution in [0, 0.1) is 0 Å². The van der Waals surface area contributed by atoms with Crippen molar-refractivity contribution in [2.24, 2.45) is 0 Å². The summed E-state index contributed by atoms with van der Waals surface area (Å²) in [4.78, 5) is 2.55. The molecule has 0 spiro atoms. The van der Waals surface area contributed by atoms with Gasteiger partial charge in [-0.3, -0.25) is 0 Å². The van der Waals surface area contributed by atoms with Crippen LogP contribution < -0.4 is 0 Å². The van der Waals surface area contributed by atoms with Crippen LogP contribution in [0.4, 0.5) is 0 Å². The van der Waals surface area contributed by atoms with Gasteiger partial charge in [0.05, 0.1) is 11.7 Å². The van der Waals surface area contributed by atoms with E-state index < -0.39 is 0 Å². The number of methoxy groups -OCH3 is 1. The number of hydrogen-bond acceptors (Lipinski definition) is 4. The van der Waals surface area contributed by atoms with Crippen molar-refractivity contribution >= 4 is 0 Å². The lowest BCUT2D eigenvalue weighted by Gasteiger charge is -2.31. The third-order valence-corrected chi connectivity index (χ3v) is 4.10. The van der Waals surface area contributed by atoms with Crippen LogP contribution in [0.5, 0.6) is 0 Å². The molecule has 0 aromatic rings. The third kappa shape index (κ3) is 10.5. The summed E-state index contributed by atoms with van der Waals surface area (Å²) in [5.74, 6) is 0. The Bertz CT molecular complexity index is 258. The first kappa shape index (κ1) is 19.9. The summed E-state index contributed by atoms with van der Waals surface area (Å²) in [6.45, 7) is 12.5. The lowest BCUT2D eigenvalue weighted by molar-refractivity contribution is -0.00736. The van der Waals surface area contributed by atoms with Crippen LogP contribution in [0.15, 0.2) is 0 Å². The van der Waals surface area contributed by atoms with E-state index in [0.717, 1.165) is 32.7 Å². The number of nitrogens with zero attached hydrogens (tertiary/aromatic N) is 1. The highest BCUT2D eigenvalue weighted by molar-refractivity contribution is 4.71. The van der Waals surface area contributed by atoms with Crippen LogP contribution in [0.25, 0.3) is 0 Å². The highest BCUT2D eigenvalue weighted by Crippen LogP contribution is 2.13. The summed E-state index contributed by atoms with van der Waals surface area (Å²) < 4.78 is 16.8. The van der Waals surface area contributed by atoms with Crippen molar-refractivity contribution in [2.75, 3.05) is 46.6 Å². The maximum absolute atomic E-state index is 5.70. The van der Waals surface area contributed by atoms with Gasteiger partial charge in [0.1, 0.15) is 0 Å². The minimum Gasteiger partial charge on any atom is -0.381 e. The van der Waals surface area contributed by atoms with Gasteiger partial charge in [-0.2, -0.15) is 0 Å². The van der Waals surface area contributed by atoms with Gasteiger partial charge in [-0.25, -0.2) is 0 Å². The molecule has 0 bridgehead atoms. The molecule has 0 radical (unpaired) electrons. The fraction of sp³-hybridized carbons (Fsp3) is 1.00. The zero-order valence-electron chi connectivity index (χ0n) is 15.2. The first-order chi connectivity index (χ1) is 10.5. The Morgan fingerprint density at radius 2 is 1.50 bits per heavy atom. The SMILES string of the molecule is COC1CCN(CCCCOCCCCOC(C)(C)C)CC1. The molecule has 132 valence electrons. The molecule has 1 fully saturated rings. The van der Waals surface area contributed by atoms with Gasteiger partial charge in [-0.15, -0.1) is 0 Å². The molecule has 1 heterocycles. The summed E-state index contributed by atoms with van der Waals surface area (Å²) in [6, 6.07) is 0. The number of ether oxygens (including phenoxy) is 3. The van der Waals surface area contributed by atoms with Crippen LogP contribution >= 0.6 is 0 Å². The standard InChI is InChI=1S/C18H37NO3/c1-18(2,3)22-16-8-7-15-21-14-6-5-11-19-12-9-17(20-4)10-13-19/h17H,5-16H2,1-4H3. The Labute approximate surface area is 137 Å². The van der Waals surface area contributed by atoms with E-state index >= 15 is 0 Å². The molecule has 1 rings (SSSR count). The van der Waals surface area contributed by atoms with Gasteiger partial charge in [0.25, 0.3) is 0 Å². The number of piperidine rings is 1. The second-order valence-corrected chi connectivity index (χ2v) is 7.26. The topological polar surface area (TPSA) is 30.9 Å². The molecule has 0 aromatic carbocycles. The Morgan fingerprint density at radius 3 is 2.09 bits per heavy atom. The summed E-state index contributed by atoms with van der Waals surface area (Å²) in [5.41, 5.74) is -0.0153. The van der Waals surface area contributed by atoms with Crippen LogP contribution in [0.3, 0.4) is 0 Å². The Balaban J connectivity index is 1.80. The molecule has 1 saturated heterocycles. The van der Waals surface area contributed by atoms with Gasteiger partial charge in [0.15, 0.2) is 0 Å². The van der Waals surface area contributed by atoms with E-state index in [1.165, 1.54) is 45.3 Å².